The summed E-state index contributed by atoms with van der Waals surface area (Å²) in [5, 5.41) is 0. The van der Waals surface area contributed by atoms with Gasteiger partial charge >= 0.3 is 0 Å². The van der Waals surface area contributed by atoms with Crippen LogP contribution in [0.3, 0.4) is 0 Å². The second-order valence-corrected chi connectivity index (χ2v) is 3.80. The summed E-state index contributed by atoms with van der Waals surface area (Å²) in [4.78, 5) is 8.26. The Morgan fingerprint density at radius 3 is 2.79 bits per heavy atom. The Morgan fingerprint density at radius 2 is 2.05 bits per heavy atom. The summed E-state index contributed by atoms with van der Waals surface area (Å²) in [7, 11) is 0. The molecule has 19 heavy (non-hydrogen) atoms. The molecule has 1 heterocycles. The van der Waals surface area contributed by atoms with Crippen molar-refractivity contribution in [1.82, 2.24) is 9.97 Å². The third-order valence-electron chi connectivity index (χ3n) is 2.54. The van der Waals surface area contributed by atoms with Crippen molar-refractivity contribution in [2.45, 2.75) is 6.92 Å². The van der Waals surface area contributed by atoms with Gasteiger partial charge in [-0.15, -0.1) is 5.92 Å². The lowest BCUT2D eigenvalue weighted by Crippen LogP contribution is -1.99. The van der Waals surface area contributed by atoms with Gasteiger partial charge in [-0.3, -0.25) is 0 Å². The lowest BCUT2D eigenvalue weighted by Gasteiger charge is -2.06. The first kappa shape index (κ1) is 12.8. The minimum Gasteiger partial charge on any atom is -0.464 e. The first-order chi connectivity index (χ1) is 9.31. The molecule has 0 saturated carbocycles. The molecule has 3 nitrogen and oxygen atoms in total. The van der Waals surface area contributed by atoms with Crippen LogP contribution in [-0.4, -0.2) is 16.6 Å². The van der Waals surface area contributed by atoms with Crippen LogP contribution in [0, 0.1) is 11.8 Å². The first-order valence-electron chi connectivity index (χ1n) is 5.90. The van der Waals surface area contributed by atoms with Crippen LogP contribution in [0.4, 0.5) is 0 Å². The van der Waals surface area contributed by atoms with E-state index in [0.717, 1.165) is 16.8 Å². The molecule has 94 valence electrons. The summed E-state index contributed by atoms with van der Waals surface area (Å²) in [5.74, 6) is 6.09. The summed E-state index contributed by atoms with van der Waals surface area (Å²) in [6.07, 6.45) is 1.47. The molecule has 0 aliphatic carbocycles. The summed E-state index contributed by atoms with van der Waals surface area (Å²) < 4.78 is 5.41. The number of ether oxygens (including phenoxy) is 1. The van der Waals surface area contributed by atoms with Crippen LogP contribution in [0.25, 0.3) is 5.57 Å². The predicted molar refractivity (Wildman–Crippen MR) is 75.6 cm³/mol. The van der Waals surface area contributed by atoms with Gasteiger partial charge < -0.3 is 4.74 Å². The fourth-order valence-electron chi connectivity index (χ4n) is 1.55. The average Bonchev–Trinajstić information content (AvgIpc) is 2.48. The highest BCUT2D eigenvalue weighted by atomic mass is 16.5. The highest BCUT2D eigenvalue weighted by Gasteiger charge is 2.05. The third-order valence-corrected chi connectivity index (χ3v) is 2.54. The third kappa shape index (κ3) is 3.43. The van der Waals surface area contributed by atoms with E-state index in [-0.39, 0.29) is 0 Å². The molecule has 0 spiro atoms. The Labute approximate surface area is 113 Å². The number of rotatable bonds is 4. The van der Waals surface area contributed by atoms with E-state index in [0.29, 0.717) is 12.5 Å². The molecular formula is C16H14N2O. The van der Waals surface area contributed by atoms with E-state index in [2.05, 4.69) is 28.4 Å². The van der Waals surface area contributed by atoms with E-state index in [4.69, 9.17) is 4.74 Å². The second kappa shape index (κ2) is 6.36. The maximum Gasteiger partial charge on any atom is 0.217 e. The van der Waals surface area contributed by atoms with E-state index >= 15 is 0 Å². The quantitative estimate of drug-likeness (QED) is 0.782. The van der Waals surface area contributed by atoms with Crippen LogP contribution in [0.2, 0.25) is 0 Å². The first-order valence-corrected chi connectivity index (χ1v) is 5.90. The van der Waals surface area contributed by atoms with E-state index < -0.39 is 0 Å². The topological polar surface area (TPSA) is 35.0 Å². The normalized spacial score (nSPS) is 9.32. The fraction of sp³-hybridized carbons (Fsp3) is 0.125. The zero-order valence-electron chi connectivity index (χ0n) is 10.8. The molecule has 0 radical (unpaired) electrons. The van der Waals surface area contributed by atoms with Gasteiger partial charge in [-0.05, 0) is 12.5 Å². The SMILES string of the molecule is C=C(c1ccccc1)c1cc(OCC#CC)ncn1. The molecule has 0 atom stereocenters. The maximum absolute atomic E-state index is 5.41. The monoisotopic (exact) mass is 250 g/mol. The fourth-order valence-corrected chi connectivity index (χ4v) is 1.55. The Hall–Kier alpha value is -2.60. The summed E-state index contributed by atoms with van der Waals surface area (Å²) in [5.41, 5.74) is 2.62. The largest absolute Gasteiger partial charge is 0.464 e. The van der Waals surface area contributed by atoms with Crippen LogP contribution >= 0.6 is 0 Å². The van der Waals surface area contributed by atoms with E-state index in [1.165, 1.54) is 6.33 Å². The van der Waals surface area contributed by atoms with E-state index in [1.54, 1.807) is 13.0 Å². The van der Waals surface area contributed by atoms with E-state index in [1.807, 2.05) is 30.3 Å². The zero-order chi connectivity index (χ0) is 13.5. The van der Waals surface area contributed by atoms with Crippen LogP contribution in [0.1, 0.15) is 18.2 Å². The number of hydrogen-bond acceptors (Lipinski definition) is 3. The van der Waals surface area contributed by atoms with Crippen molar-refractivity contribution < 1.29 is 4.74 Å². The molecule has 0 unspecified atom stereocenters. The van der Waals surface area contributed by atoms with Gasteiger partial charge in [-0.1, -0.05) is 42.8 Å². The highest BCUT2D eigenvalue weighted by molar-refractivity contribution is 5.76. The van der Waals surface area contributed by atoms with Gasteiger partial charge in [0.15, 0.2) is 6.61 Å². The maximum atomic E-state index is 5.41. The van der Waals surface area contributed by atoms with Crippen LogP contribution in [-0.2, 0) is 0 Å². The molecule has 2 rings (SSSR count). The molecule has 0 saturated heterocycles. The van der Waals surface area contributed by atoms with Crippen molar-refractivity contribution in [1.29, 1.82) is 0 Å². The van der Waals surface area contributed by atoms with Crippen molar-refractivity contribution in [2.75, 3.05) is 6.61 Å². The molecular weight excluding hydrogens is 236 g/mol. The van der Waals surface area contributed by atoms with Crippen molar-refractivity contribution in [3.8, 4) is 17.7 Å². The molecule has 0 bridgehead atoms. The summed E-state index contributed by atoms with van der Waals surface area (Å²) >= 11 is 0. The van der Waals surface area contributed by atoms with Crippen molar-refractivity contribution in [3.63, 3.8) is 0 Å². The van der Waals surface area contributed by atoms with Gasteiger partial charge in [-0.25, -0.2) is 9.97 Å². The lowest BCUT2D eigenvalue weighted by atomic mass is 10.0. The average molecular weight is 250 g/mol. The minimum absolute atomic E-state index is 0.324. The molecule has 1 aromatic carbocycles. The van der Waals surface area contributed by atoms with Gasteiger partial charge in [-0.2, -0.15) is 0 Å². The van der Waals surface area contributed by atoms with Gasteiger partial charge in [0, 0.05) is 11.6 Å². The Bertz CT molecular complexity index is 624. The molecule has 0 aliphatic rings. The zero-order valence-corrected chi connectivity index (χ0v) is 10.8. The molecule has 2 aromatic rings. The number of nitrogens with zero attached hydrogens (tertiary/aromatic N) is 2. The van der Waals surface area contributed by atoms with Gasteiger partial charge in [0.25, 0.3) is 0 Å². The number of hydrogen-bond donors (Lipinski definition) is 0. The minimum atomic E-state index is 0.324. The smallest absolute Gasteiger partial charge is 0.217 e. The lowest BCUT2D eigenvalue weighted by molar-refractivity contribution is 0.354. The summed E-state index contributed by atoms with van der Waals surface area (Å²) in [6.45, 7) is 6.15. The van der Waals surface area contributed by atoms with Crippen molar-refractivity contribution >= 4 is 5.57 Å². The van der Waals surface area contributed by atoms with Gasteiger partial charge in [0.05, 0.1) is 5.69 Å². The van der Waals surface area contributed by atoms with Gasteiger partial charge in [0.2, 0.25) is 5.88 Å². The predicted octanol–water partition coefficient (Wildman–Crippen LogP) is 2.94. The van der Waals surface area contributed by atoms with Gasteiger partial charge in [0.1, 0.15) is 6.33 Å². The molecule has 0 amide bonds. The Kier molecular flexibility index (Phi) is 4.30. The molecule has 0 aliphatic heterocycles. The number of benzene rings is 1. The van der Waals surface area contributed by atoms with E-state index in [9.17, 15) is 0 Å². The van der Waals surface area contributed by atoms with Crippen LogP contribution in [0.15, 0.2) is 49.3 Å². The molecule has 3 heteroatoms. The summed E-state index contributed by atoms with van der Waals surface area (Å²) in [6, 6.07) is 11.7. The van der Waals surface area contributed by atoms with Crippen LogP contribution < -0.4 is 4.74 Å². The van der Waals surface area contributed by atoms with Crippen molar-refractivity contribution in [2.24, 2.45) is 0 Å². The van der Waals surface area contributed by atoms with Crippen molar-refractivity contribution in [3.05, 3.63) is 60.6 Å². The Balaban J connectivity index is 2.18. The molecule has 0 fully saturated rings. The molecule has 1 aromatic heterocycles. The molecule has 0 N–H and O–H groups in total. The van der Waals surface area contributed by atoms with Crippen LogP contribution in [0.5, 0.6) is 5.88 Å². The standard InChI is InChI=1S/C16H14N2O/c1-3-4-10-19-16-11-15(17-12-18-16)13(2)14-8-6-5-7-9-14/h5-9,11-12H,2,10H2,1H3. The highest BCUT2D eigenvalue weighted by Crippen LogP contribution is 2.21. The second-order valence-electron chi connectivity index (χ2n) is 3.80. The number of aromatic nitrogens is 2. The Morgan fingerprint density at radius 1 is 1.26 bits per heavy atom.